The lowest BCUT2D eigenvalue weighted by molar-refractivity contribution is 0.151. The first-order valence-electron chi connectivity index (χ1n) is 6.01. The SMILES string of the molecule is CC(C)Cc1cccc(C(O)CCCO)c1. The zero-order valence-electron chi connectivity index (χ0n) is 10.2. The van der Waals surface area contributed by atoms with Gasteiger partial charge in [-0.05, 0) is 36.3 Å². The topological polar surface area (TPSA) is 40.5 Å². The summed E-state index contributed by atoms with van der Waals surface area (Å²) in [5.41, 5.74) is 2.24. The minimum atomic E-state index is -0.445. The first-order chi connectivity index (χ1) is 7.63. The Morgan fingerprint density at radius 2 is 2.00 bits per heavy atom. The van der Waals surface area contributed by atoms with Crippen molar-refractivity contribution in [2.24, 2.45) is 5.92 Å². The summed E-state index contributed by atoms with van der Waals surface area (Å²) >= 11 is 0. The van der Waals surface area contributed by atoms with E-state index in [-0.39, 0.29) is 6.61 Å². The van der Waals surface area contributed by atoms with Gasteiger partial charge in [0.2, 0.25) is 0 Å². The van der Waals surface area contributed by atoms with Gasteiger partial charge in [-0.25, -0.2) is 0 Å². The standard InChI is InChI=1S/C14H22O2/c1-11(2)9-12-5-3-6-13(10-12)14(16)7-4-8-15/h3,5-6,10-11,14-16H,4,7-9H2,1-2H3. The predicted octanol–water partition coefficient (Wildman–Crippen LogP) is 2.69. The Kier molecular flexibility index (Phi) is 5.50. The summed E-state index contributed by atoms with van der Waals surface area (Å²) in [7, 11) is 0. The molecule has 0 aliphatic rings. The zero-order valence-corrected chi connectivity index (χ0v) is 10.2. The van der Waals surface area contributed by atoms with Gasteiger partial charge in [0.25, 0.3) is 0 Å². The molecule has 0 aliphatic heterocycles. The lowest BCUT2D eigenvalue weighted by atomic mass is 9.98. The second kappa shape index (κ2) is 6.66. The van der Waals surface area contributed by atoms with E-state index in [2.05, 4.69) is 26.0 Å². The van der Waals surface area contributed by atoms with Gasteiger partial charge in [-0.15, -0.1) is 0 Å². The van der Waals surface area contributed by atoms with Crippen LogP contribution >= 0.6 is 0 Å². The minimum Gasteiger partial charge on any atom is -0.396 e. The van der Waals surface area contributed by atoms with Gasteiger partial charge in [-0.1, -0.05) is 38.1 Å². The highest BCUT2D eigenvalue weighted by Gasteiger charge is 2.07. The highest BCUT2D eigenvalue weighted by molar-refractivity contribution is 5.25. The number of hydrogen-bond acceptors (Lipinski definition) is 2. The molecule has 2 heteroatoms. The van der Waals surface area contributed by atoms with E-state index in [1.54, 1.807) is 0 Å². The van der Waals surface area contributed by atoms with Crippen LogP contribution in [0.1, 0.15) is 43.9 Å². The lowest BCUT2D eigenvalue weighted by Gasteiger charge is -2.12. The monoisotopic (exact) mass is 222 g/mol. The highest BCUT2D eigenvalue weighted by Crippen LogP contribution is 2.20. The number of benzene rings is 1. The van der Waals surface area contributed by atoms with E-state index in [9.17, 15) is 5.11 Å². The summed E-state index contributed by atoms with van der Waals surface area (Å²) in [6, 6.07) is 8.12. The molecular weight excluding hydrogens is 200 g/mol. The maximum atomic E-state index is 9.90. The molecule has 1 aromatic carbocycles. The lowest BCUT2D eigenvalue weighted by Crippen LogP contribution is -2.01. The van der Waals surface area contributed by atoms with E-state index in [1.807, 2.05) is 12.1 Å². The van der Waals surface area contributed by atoms with Crippen molar-refractivity contribution in [2.75, 3.05) is 6.61 Å². The first kappa shape index (κ1) is 13.2. The summed E-state index contributed by atoms with van der Waals surface area (Å²) in [4.78, 5) is 0. The van der Waals surface area contributed by atoms with Crippen molar-refractivity contribution >= 4 is 0 Å². The molecule has 16 heavy (non-hydrogen) atoms. The number of aliphatic hydroxyl groups excluding tert-OH is 2. The average Bonchev–Trinajstić information content (AvgIpc) is 2.25. The fraction of sp³-hybridized carbons (Fsp3) is 0.571. The van der Waals surface area contributed by atoms with E-state index in [4.69, 9.17) is 5.11 Å². The maximum absolute atomic E-state index is 9.90. The summed E-state index contributed by atoms with van der Waals surface area (Å²) in [6.07, 6.45) is 1.87. The normalized spacial score (nSPS) is 13.1. The second-order valence-electron chi connectivity index (χ2n) is 4.72. The zero-order chi connectivity index (χ0) is 12.0. The molecule has 0 aromatic heterocycles. The molecule has 90 valence electrons. The van der Waals surface area contributed by atoms with Crippen LogP contribution in [0.3, 0.4) is 0 Å². The van der Waals surface area contributed by atoms with Gasteiger partial charge in [-0.3, -0.25) is 0 Å². The molecule has 0 bridgehead atoms. The fourth-order valence-corrected chi connectivity index (χ4v) is 1.85. The van der Waals surface area contributed by atoms with Crippen LogP contribution in [-0.4, -0.2) is 16.8 Å². The van der Waals surface area contributed by atoms with E-state index >= 15 is 0 Å². The Morgan fingerprint density at radius 1 is 1.25 bits per heavy atom. The van der Waals surface area contributed by atoms with Crippen molar-refractivity contribution in [1.29, 1.82) is 0 Å². The molecule has 0 fully saturated rings. The van der Waals surface area contributed by atoms with Crippen molar-refractivity contribution in [3.63, 3.8) is 0 Å². The van der Waals surface area contributed by atoms with Gasteiger partial charge in [0.1, 0.15) is 0 Å². The van der Waals surface area contributed by atoms with E-state index in [0.717, 1.165) is 12.0 Å². The molecular formula is C14H22O2. The Labute approximate surface area is 97.9 Å². The quantitative estimate of drug-likeness (QED) is 0.777. The summed E-state index contributed by atoms with van der Waals surface area (Å²) in [5, 5.41) is 18.6. The molecule has 0 saturated carbocycles. The van der Waals surface area contributed by atoms with Crippen molar-refractivity contribution in [1.82, 2.24) is 0 Å². The van der Waals surface area contributed by atoms with Crippen molar-refractivity contribution < 1.29 is 10.2 Å². The Bertz CT molecular complexity index is 307. The molecule has 0 amide bonds. The van der Waals surface area contributed by atoms with E-state index in [0.29, 0.717) is 18.8 Å². The van der Waals surface area contributed by atoms with E-state index < -0.39 is 6.10 Å². The molecule has 0 aliphatic carbocycles. The van der Waals surface area contributed by atoms with Crippen molar-refractivity contribution in [3.05, 3.63) is 35.4 Å². The molecule has 1 atom stereocenters. The Morgan fingerprint density at radius 3 is 2.62 bits per heavy atom. The number of hydrogen-bond donors (Lipinski definition) is 2. The first-order valence-corrected chi connectivity index (χ1v) is 6.01. The average molecular weight is 222 g/mol. The molecule has 2 N–H and O–H groups in total. The van der Waals surface area contributed by atoms with E-state index in [1.165, 1.54) is 5.56 Å². The second-order valence-corrected chi connectivity index (χ2v) is 4.72. The summed E-state index contributed by atoms with van der Waals surface area (Å²) < 4.78 is 0. The van der Waals surface area contributed by atoms with Gasteiger partial charge >= 0.3 is 0 Å². The third-order valence-corrected chi connectivity index (χ3v) is 2.62. The molecule has 1 unspecified atom stereocenters. The molecule has 0 heterocycles. The van der Waals surface area contributed by atoms with Crippen LogP contribution in [0.15, 0.2) is 24.3 Å². The van der Waals surface area contributed by atoms with Gasteiger partial charge in [0, 0.05) is 6.61 Å². The molecule has 0 spiro atoms. The molecule has 1 aromatic rings. The van der Waals surface area contributed by atoms with Crippen LogP contribution in [0, 0.1) is 5.92 Å². The van der Waals surface area contributed by atoms with Crippen molar-refractivity contribution in [3.8, 4) is 0 Å². The fourth-order valence-electron chi connectivity index (χ4n) is 1.85. The van der Waals surface area contributed by atoms with Crippen LogP contribution in [0.4, 0.5) is 0 Å². The summed E-state index contributed by atoms with van der Waals surface area (Å²) in [6.45, 7) is 4.52. The minimum absolute atomic E-state index is 0.142. The van der Waals surface area contributed by atoms with Gasteiger partial charge in [0.15, 0.2) is 0 Å². The predicted molar refractivity (Wildman–Crippen MR) is 66.3 cm³/mol. The molecule has 0 radical (unpaired) electrons. The molecule has 2 nitrogen and oxygen atoms in total. The Balaban J connectivity index is 2.65. The van der Waals surface area contributed by atoms with Gasteiger partial charge in [0.05, 0.1) is 6.10 Å². The largest absolute Gasteiger partial charge is 0.396 e. The molecule has 1 rings (SSSR count). The Hall–Kier alpha value is -0.860. The van der Waals surface area contributed by atoms with Crippen LogP contribution in [-0.2, 0) is 6.42 Å². The third kappa shape index (κ3) is 4.33. The maximum Gasteiger partial charge on any atom is 0.0791 e. The number of aliphatic hydroxyl groups is 2. The summed E-state index contributed by atoms with van der Waals surface area (Å²) in [5.74, 6) is 0.629. The van der Waals surface area contributed by atoms with Crippen LogP contribution in [0.2, 0.25) is 0 Å². The van der Waals surface area contributed by atoms with Crippen LogP contribution < -0.4 is 0 Å². The molecule has 0 saturated heterocycles. The number of rotatable bonds is 6. The van der Waals surface area contributed by atoms with Crippen molar-refractivity contribution in [2.45, 2.75) is 39.2 Å². The van der Waals surface area contributed by atoms with Crippen LogP contribution in [0.25, 0.3) is 0 Å². The smallest absolute Gasteiger partial charge is 0.0791 e. The van der Waals surface area contributed by atoms with Gasteiger partial charge < -0.3 is 10.2 Å². The third-order valence-electron chi connectivity index (χ3n) is 2.62. The van der Waals surface area contributed by atoms with Crippen LogP contribution in [0.5, 0.6) is 0 Å². The highest BCUT2D eigenvalue weighted by atomic mass is 16.3. The van der Waals surface area contributed by atoms with Gasteiger partial charge in [-0.2, -0.15) is 0 Å².